The Balaban J connectivity index is 0.00000225. The van der Waals surface area contributed by atoms with Crippen molar-refractivity contribution < 1.29 is 19.1 Å². The van der Waals surface area contributed by atoms with Gasteiger partial charge in [0.1, 0.15) is 12.2 Å². The molecule has 1 aromatic rings. The molecule has 0 aliphatic carbocycles. The first-order valence-corrected chi connectivity index (χ1v) is 4.63. The maximum atomic E-state index is 11.2. The summed E-state index contributed by atoms with van der Waals surface area (Å²) < 4.78 is 9.50. The fourth-order valence-electron chi connectivity index (χ4n) is 0.986. The first-order chi connectivity index (χ1) is 7.22. The van der Waals surface area contributed by atoms with Gasteiger partial charge in [0.15, 0.2) is 0 Å². The van der Waals surface area contributed by atoms with Gasteiger partial charge in [-0.05, 0) is 19.1 Å². The minimum absolute atomic E-state index is 0. The Bertz CT molecular complexity index is 337. The normalized spacial score (nSPS) is 8.81. The first-order valence-electron chi connectivity index (χ1n) is 4.63. The average molecular weight is 232 g/mol. The summed E-state index contributed by atoms with van der Waals surface area (Å²) in [5.41, 5.74) is 0. The summed E-state index contributed by atoms with van der Waals surface area (Å²) in [5, 5.41) is 0. The number of benzene rings is 1. The van der Waals surface area contributed by atoms with Crippen LogP contribution in [0.4, 0.5) is 0 Å². The SMILES string of the molecule is CCOC(=O)CC(=O)Oc1ccccc1.[NaH]. The van der Waals surface area contributed by atoms with Gasteiger partial charge in [0.25, 0.3) is 0 Å². The molecule has 0 radical (unpaired) electrons. The number of rotatable bonds is 4. The van der Waals surface area contributed by atoms with Crippen LogP contribution in [0.5, 0.6) is 5.75 Å². The van der Waals surface area contributed by atoms with Gasteiger partial charge in [0, 0.05) is 0 Å². The summed E-state index contributed by atoms with van der Waals surface area (Å²) in [4.78, 5) is 22.1. The molecule has 0 amide bonds. The molecular weight excluding hydrogens is 219 g/mol. The molecule has 0 N–H and O–H groups in total. The van der Waals surface area contributed by atoms with Gasteiger partial charge in [-0.2, -0.15) is 0 Å². The fourth-order valence-corrected chi connectivity index (χ4v) is 0.986. The zero-order chi connectivity index (χ0) is 11.1. The summed E-state index contributed by atoms with van der Waals surface area (Å²) in [6, 6.07) is 8.58. The summed E-state index contributed by atoms with van der Waals surface area (Å²) in [6.45, 7) is 1.94. The molecule has 16 heavy (non-hydrogen) atoms. The number of hydrogen-bond acceptors (Lipinski definition) is 4. The zero-order valence-corrected chi connectivity index (χ0v) is 8.43. The van der Waals surface area contributed by atoms with E-state index in [0.29, 0.717) is 5.75 Å². The van der Waals surface area contributed by atoms with E-state index >= 15 is 0 Å². The predicted molar refractivity (Wildman–Crippen MR) is 60.5 cm³/mol. The van der Waals surface area contributed by atoms with Crippen LogP contribution in [-0.2, 0) is 14.3 Å². The number of carbonyl (C=O) groups is 2. The fraction of sp³-hybridized carbons (Fsp3) is 0.273. The molecule has 0 aromatic heterocycles. The van der Waals surface area contributed by atoms with E-state index in [2.05, 4.69) is 4.74 Å². The summed E-state index contributed by atoms with van der Waals surface area (Å²) in [6.07, 6.45) is -0.358. The van der Waals surface area contributed by atoms with Crippen molar-refractivity contribution in [3.05, 3.63) is 30.3 Å². The number of carbonyl (C=O) groups excluding carboxylic acids is 2. The van der Waals surface area contributed by atoms with Crippen molar-refractivity contribution in [1.82, 2.24) is 0 Å². The topological polar surface area (TPSA) is 52.6 Å². The Labute approximate surface area is 116 Å². The third-order valence-corrected chi connectivity index (χ3v) is 1.57. The molecule has 0 bridgehead atoms. The molecule has 0 fully saturated rings. The molecule has 0 aliphatic heterocycles. The van der Waals surface area contributed by atoms with E-state index in [1.54, 1.807) is 31.2 Å². The van der Waals surface area contributed by atoms with Gasteiger partial charge in [0.05, 0.1) is 6.61 Å². The molecule has 0 atom stereocenters. The van der Waals surface area contributed by atoms with Crippen molar-refractivity contribution in [3.8, 4) is 5.75 Å². The second-order valence-electron chi connectivity index (χ2n) is 2.77. The molecule has 0 saturated heterocycles. The van der Waals surface area contributed by atoms with E-state index in [0.717, 1.165) is 0 Å². The molecule has 0 saturated carbocycles. The molecule has 0 heterocycles. The van der Waals surface area contributed by atoms with E-state index in [1.165, 1.54) is 0 Å². The minimum atomic E-state index is -0.611. The summed E-state index contributed by atoms with van der Waals surface area (Å²) in [5.74, 6) is -0.759. The van der Waals surface area contributed by atoms with Crippen LogP contribution in [0.3, 0.4) is 0 Å². The van der Waals surface area contributed by atoms with E-state index in [-0.39, 0.29) is 42.6 Å². The van der Waals surface area contributed by atoms with Crippen molar-refractivity contribution in [3.63, 3.8) is 0 Å². The number of esters is 2. The quantitative estimate of drug-likeness (QED) is 0.335. The van der Waals surface area contributed by atoms with Crippen LogP contribution in [0.25, 0.3) is 0 Å². The Morgan fingerprint density at radius 3 is 2.31 bits per heavy atom. The van der Waals surface area contributed by atoms with Gasteiger partial charge in [0.2, 0.25) is 0 Å². The van der Waals surface area contributed by atoms with Crippen molar-refractivity contribution in [2.45, 2.75) is 13.3 Å². The Kier molecular flexibility index (Phi) is 7.89. The predicted octanol–water partition coefficient (Wildman–Crippen LogP) is 0.897. The molecule has 1 rings (SSSR count). The molecular formula is C11H13NaO4. The van der Waals surface area contributed by atoms with E-state index in [4.69, 9.17) is 4.74 Å². The number of ether oxygens (including phenoxy) is 2. The van der Waals surface area contributed by atoms with Crippen LogP contribution in [-0.4, -0.2) is 48.1 Å². The summed E-state index contributed by atoms with van der Waals surface area (Å²) >= 11 is 0. The van der Waals surface area contributed by atoms with Crippen molar-refractivity contribution in [1.29, 1.82) is 0 Å². The second-order valence-corrected chi connectivity index (χ2v) is 2.77. The van der Waals surface area contributed by atoms with Crippen molar-refractivity contribution in [2.75, 3.05) is 6.61 Å². The average Bonchev–Trinajstić information content (AvgIpc) is 2.19. The van der Waals surface area contributed by atoms with Gasteiger partial charge in [-0.1, -0.05) is 18.2 Å². The first kappa shape index (κ1) is 15.2. The van der Waals surface area contributed by atoms with Gasteiger partial charge in [-0.25, -0.2) is 0 Å². The van der Waals surface area contributed by atoms with Gasteiger partial charge >= 0.3 is 41.5 Å². The number of hydrogen-bond donors (Lipinski definition) is 0. The van der Waals surface area contributed by atoms with Crippen LogP contribution in [0.15, 0.2) is 30.3 Å². The third kappa shape index (κ3) is 5.90. The zero-order valence-electron chi connectivity index (χ0n) is 8.43. The molecule has 0 spiro atoms. The van der Waals surface area contributed by atoms with E-state index in [1.807, 2.05) is 6.07 Å². The van der Waals surface area contributed by atoms with E-state index < -0.39 is 11.9 Å². The Morgan fingerprint density at radius 2 is 1.75 bits per heavy atom. The number of para-hydroxylation sites is 1. The van der Waals surface area contributed by atoms with Crippen LogP contribution in [0.1, 0.15) is 13.3 Å². The van der Waals surface area contributed by atoms with E-state index in [9.17, 15) is 9.59 Å². The van der Waals surface area contributed by atoms with Gasteiger partial charge in [-0.15, -0.1) is 0 Å². The molecule has 82 valence electrons. The standard InChI is InChI=1S/C11H12O4.Na.H/c1-2-14-10(12)8-11(13)15-9-6-4-3-5-7-9;;/h3-7H,2,8H2,1H3;;. The van der Waals surface area contributed by atoms with Crippen LogP contribution in [0, 0.1) is 0 Å². The molecule has 1 aromatic carbocycles. The van der Waals surface area contributed by atoms with Crippen molar-refractivity contribution in [2.24, 2.45) is 0 Å². The van der Waals surface area contributed by atoms with Crippen LogP contribution >= 0.6 is 0 Å². The molecule has 5 heteroatoms. The molecule has 4 nitrogen and oxygen atoms in total. The summed E-state index contributed by atoms with van der Waals surface area (Å²) in [7, 11) is 0. The van der Waals surface area contributed by atoms with Crippen LogP contribution in [0.2, 0.25) is 0 Å². The van der Waals surface area contributed by atoms with Crippen molar-refractivity contribution >= 4 is 41.5 Å². The third-order valence-electron chi connectivity index (χ3n) is 1.57. The maximum absolute atomic E-state index is 11.2. The van der Waals surface area contributed by atoms with Gasteiger partial charge < -0.3 is 9.47 Å². The molecule has 0 unspecified atom stereocenters. The Hall–Kier alpha value is -0.840. The van der Waals surface area contributed by atoms with Gasteiger partial charge in [-0.3, -0.25) is 9.59 Å². The Morgan fingerprint density at radius 1 is 1.12 bits per heavy atom. The van der Waals surface area contributed by atoms with Crippen LogP contribution < -0.4 is 4.74 Å². The molecule has 0 aliphatic rings. The monoisotopic (exact) mass is 232 g/mol. The second kappa shape index (κ2) is 8.33.